The summed E-state index contributed by atoms with van der Waals surface area (Å²) < 4.78 is 17.9. The number of amides is 1. The van der Waals surface area contributed by atoms with Crippen LogP contribution in [0.5, 0.6) is 5.75 Å². The normalized spacial score (nSPS) is 10.9. The number of hydrogen-bond donors (Lipinski definition) is 2. The van der Waals surface area contributed by atoms with Gasteiger partial charge in [0, 0.05) is 36.4 Å². The summed E-state index contributed by atoms with van der Waals surface area (Å²) in [5.74, 6) is 0.769. The van der Waals surface area contributed by atoms with Gasteiger partial charge in [-0.2, -0.15) is 0 Å². The van der Waals surface area contributed by atoms with Crippen LogP contribution >= 0.6 is 0 Å². The maximum absolute atomic E-state index is 11.7. The highest BCUT2D eigenvalue weighted by atomic mass is 16.5. The number of nitrogen functional groups attached to an aromatic ring is 1. The number of hydrogen-bond acceptors (Lipinski definition) is 5. The molecule has 0 saturated carbocycles. The highest BCUT2D eigenvalue weighted by molar-refractivity contribution is 6.01. The van der Waals surface area contributed by atoms with Crippen LogP contribution < -0.4 is 15.8 Å². The minimum Gasteiger partial charge on any atom is -0.497 e. The molecule has 0 radical (unpaired) electrons. The quantitative estimate of drug-likeness (QED) is 0.584. The Morgan fingerprint density at radius 2 is 1.86 bits per heavy atom. The number of nitrogens with one attached hydrogen (secondary N) is 1. The Labute approximate surface area is 170 Å². The van der Waals surface area contributed by atoms with Crippen molar-refractivity contribution in [2.45, 2.75) is 19.9 Å². The number of nitrogens with zero attached hydrogens (tertiary/aromatic N) is 1. The number of nitrogens with two attached hydrogens (primary N) is 1. The minimum absolute atomic E-state index is 0.392. The lowest BCUT2D eigenvalue weighted by Crippen LogP contribution is -2.14. The maximum atomic E-state index is 11.7. The number of fused-ring (bicyclic) bond motifs is 1. The fourth-order valence-corrected chi connectivity index (χ4v) is 3.27. The predicted molar refractivity (Wildman–Crippen MR) is 115 cm³/mol. The molecule has 0 fully saturated rings. The number of carbonyl (C=O) groups excluding carboxylic acids is 1. The van der Waals surface area contributed by atoms with Gasteiger partial charge < -0.3 is 24.5 Å². The van der Waals surface area contributed by atoms with E-state index in [0.717, 1.165) is 34.3 Å². The van der Waals surface area contributed by atoms with Crippen LogP contribution in [0.3, 0.4) is 0 Å². The highest BCUT2D eigenvalue weighted by Gasteiger charge is 2.17. The Balaban J connectivity index is 1.97. The molecule has 0 atom stereocenters. The molecule has 3 rings (SSSR count). The van der Waals surface area contributed by atoms with Crippen molar-refractivity contribution in [1.29, 1.82) is 0 Å². The summed E-state index contributed by atoms with van der Waals surface area (Å²) in [6.07, 6.45) is 0.322. The van der Waals surface area contributed by atoms with Crippen LogP contribution in [0.2, 0.25) is 0 Å². The first-order valence-electron chi connectivity index (χ1n) is 9.57. The molecule has 7 heteroatoms. The number of benzene rings is 2. The van der Waals surface area contributed by atoms with Gasteiger partial charge >= 0.3 is 6.09 Å². The van der Waals surface area contributed by atoms with E-state index in [1.54, 1.807) is 14.2 Å². The third-order valence-electron chi connectivity index (χ3n) is 4.67. The standard InChI is InChI=1S/C22H27N3O4/c1-4-12-29-22(26)24-16-7-5-15(6-8-16)21-20(23)18-10-9-17(28-3)14-19(18)25(21)11-13-27-2/h5-10,14H,4,11-13,23H2,1-3H3,(H,24,26). The van der Waals surface area contributed by atoms with Gasteiger partial charge in [-0.1, -0.05) is 19.1 Å². The molecule has 3 aromatic rings. The molecule has 0 spiro atoms. The maximum Gasteiger partial charge on any atom is 0.411 e. The van der Waals surface area contributed by atoms with E-state index in [4.69, 9.17) is 19.9 Å². The van der Waals surface area contributed by atoms with Crippen LogP contribution in [0, 0.1) is 0 Å². The molecule has 7 nitrogen and oxygen atoms in total. The predicted octanol–water partition coefficient (Wildman–Crippen LogP) is 4.50. The number of methoxy groups -OCH3 is 2. The van der Waals surface area contributed by atoms with Gasteiger partial charge in [-0.05, 0) is 30.7 Å². The summed E-state index contributed by atoms with van der Waals surface area (Å²) in [6.45, 7) is 3.54. The van der Waals surface area contributed by atoms with Gasteiger partial charge in [0.15, 0.2) is 0 Å². The summed E-state index contributed by atoms with van der Waals surface area (Å²) in [7, 11) is 3.32. The summed E-state index contributed by atoms with van der Waals surface area (Å²) in [5.41, 5.74) is 10.7. The fourth-order valence-electron chi connectivity index (χ4n) is 3.27. The second-order valence-electron chi connectivity index (χ2n) is 6.63. The molecule has 0 aliphatic heterocycles. The Hall–Kier alpha value is -3.19. The summed E-state index contributed by atoms with van der Waals surface area (Å²) >= 11 is 0. The molecule has 154 valence electrons. The second kappa shape index (κ2) is 9.34. The summed E-state index contributed by atoms with van der Waals surface area (Å²) in [6, 6.07) is 13.4. The number of ether oxygens (including phenoxy) is 3. The second-order valence-corrected chi connectivity index (χ2v) is 6.63. The zero-order valence-electron chi connectivity index (χ0n) is 17.0. The van der Waals surface area contributed by atoms with Crippen LogP contribution in [0.25, 0.3) is 22.2 Å². The van der Waals surface area contributed by atoms with Crippen molar-refractivity contribution in [1.82, 2.24) is 4.57 Å². The molecule has 0 bridgehead atoms. The zero-order valence-corrected chi connectivity index (χ0v) is 17.0. The Morgan fingerprint density at radius 1 is 1.10 bits per heavy atom. The van der Waals surface area contributed by atoms with E-state index in [1.165, 1.54) is 0 Å². The lowest BCUT2D eigenvalue weighted by molar-refractivity contribution is 0.161. The number of rotatable bonds is 8. The lowest BCUT2D eigenvalue weighted by Gasteiger charge is -2.12. The van der Waals surface area contributed by atoms with E-state index in [2.05, 4.69) is 9.88 Å². The Bertz CT molecular complexity index is 980. The molecule has 2 aromatic carbocycles. The largest absolute Gasteiger partial charge is 0.497 e. The van der Waals surface area contributed by atoms with Gasteiger partial charge in [0.25, 0.3) is 0 Å². The van der Waals surface area contributed by atoms with Crippen LogP contribution in [-0.4, -0.2) is 38.1 Å². The molecule has 1 heterocycles. The molecule has 29 heavy (non-hydrogen) atoms. The molecular weight excluding hydrogens is 370 g/mol. The minimum atomic E-state index is -0.458. The van der Waals surface area contributed by atoms with Gasteiger partial charge in [-0.25, -0.2) is 4.79 Å². The van der Waals surface area contributed by atoms with Gasteiger partial charge in [0.1, 0.15) is 5.75 Å². The van der Waals surface area contributed by atoms with Crippen molar-refractivity contribution >= 4 is 28.4 Å². The van der Waals surface area contributed by atoms with Crippen molar-refractivity contribution in [2.24, 2.45) is 0 Å². The van der Waals surface area contributed by atoms with Gasteiger partial charge in [-0.15, -0.1) is 0 Å². The first kappa shape index (κ1) is 20.5. The van der Waals surface area contributed by atoms with E-state index < -0.39 is 6.09 Å². The number of aromatic nitrogens is 1. The molecule has 0 saturated heterocycles. The van der Waals surface area contributed by atoms with E-state index in [9.17, 15) is 4.79 Å². The molecule has 3 N–H and O–H groups in total. The molecule has 0 unspecified atom stereocenters. The Morgan fingerprint density at radius 3 is 2.52 bits per heavy atom. The summed E-state index contributed by atoms with van der Waals surface area (Å²) in [5, 5.41) is 3.69. The first-order valence-corrected chi connectivity index (χ1v) is 9.57. The van der Waals surface area contributed by atoms with E-state index in [1.807, 2.05) is 49.4 Å². The molecule has 0 aliphatic carbocycles. The third kappa shape index (κ3) is 4.46. The van der Waals surface area contributed by atoms with Crippen LogP contribution in [0.15, 0.2) is 42.5 Å². The molecule has 1 aromatic heterocycles. The molecule has 0 aliphatic rings. The topological polar surface area (TPSA) is 87.7 Å². The van der Waals surface area contributed by atoms with Gasteiger partial charge in [0.05, 0.1) is 37.2 Å². The lowest BCUT2D eigenvalue weighted by atomic mass is 10.1. The molecular formula is C22H27N3O4. The van der Waals surface area contributed by atoms with E-state index >= 15 is 0 Å². The van der Waals surface area contributed by atoms with Crippen LogP contribution in [-0.2, 0) is 16.0 Å². The summed E-state index contributed by atoms with van der Waals surface area (Å²) in [4.78, 5) is 11.7. The Kier molecular flexibility index (Phi) is 6.61. The average molecular weight is 397 g/mol. The van der Waals surface area contributed by atoms with Crippen molar-refractivity contribution in [3.63, 3.8) is 0 Å². The van der Waals surface area contributed by atoms with Crippen LogP contribution in [0.4, 0.5) is 16.2 Å². The molecule has 1 amide bonds. The van der Waals surface area contributed by atoms with E-state index in [-0.39, 0.29) is 0 Å². The van der Waals surface area contributed by atoms with Gasteiger partial charge in [-0.3, -0.25) is 5.32 Å². The van der Waals surface area contributed by atoms with Crippen molar-refractivity contribution in [3.8, 4) is 17.0 Å². The van der Waals surface area contributed by atoms with Crippen molar-refractivity contribution in [2.75, 3.05) is 38.5 Å². The highest BCUT2D eigenvalue weighted by Crippen LogP contribution is 2.38. The number of anilines is 2. The van der Waals surface area contributed by atoms with E-state index in [0.29, 0.717) is 31.1 Å². The average Bonchev–Trinajstić information content (AvgIpc) is 3.02. The smallest absolute Gasteiger partial charge is 0.411 e. The fraction of sp³-hybridized carbons (Fsp3) is 0.318. The van der Waals surface area contributed by atoms with Crippen molar-refractivity contribution in [3.05, 3.63) is 42.5 Å². The SMILES string of the molecule is CCCOC(=O)Nc1ccc(-c2c(N)c3ccc(OC)cc3n2CCOC)cc1. The van der Waals surface area contributed by atoms with Crippen LogP contribution in [0.1, 0.15) is 13.3 Å². The monoisotopic (exact) mass is 397 g/mol. The first-order chi connectivity index (χ1) is 14.1. The van der Waals surface area contributed by atoms with Crippen molar-refractivity contribution < 1.29 is 19.0 Å². The third-order valence-corrected chi connectivity index (χ3v) is 4.67. The number of carbonyl (C=O) groups is 1. The van der Waals surface area contributed by atoms with Gasteiger partial charge in [0.2, 0.25) is 0 Å². The zero-order chi connectivity index (χ0) is 20.8.